The molecule has 4 heteroatoms. The molecule has 17 heavy (non-hydrogen) atoms. The van der Waals surface area contributed by atoms with Crippen molar-refractivity contribution >= 4 is 5.91 Å². The summed E-state index contributed by atoms with van der Waals surface area (Å²) in [5, 5.41) is 0. The van der Waals surface area contributed by atoms with E-state index in [9.17, 15) is 4.79 Å². The molecule has 0 saturated heterocycles. The lowest BCUT2D eigenvalue weighted by Gasteiger charge is -2.21. The zero-order valence-electron chi connectivity index (χ0n) is 10.6. The SMILES string of the molecule is CC(C)N(C)C(=O)CNOCc1ccccc1. The third kappa shape index (κ3) is 4.97. The molecule has 4 nitrogen and oxygen atoms in total. The van der Waals surface area contributed by atoms with Crippen LogP contribution in [0.2, 0.25) is 0 Å². The van der Waals surface area contributed by atoms with Crippen molar-refractivity contribution < 1.29 is 9.63 Å². The van der Waals surface area contributed by atoms with Crippen LogP contribution in [0.4, 0.5) is 0 Å². The van der Waals surface area contributed by atoms with Crippen LogP contribution in [0.1, 0.15) is 19.4 Å². The average Bonchev–Trinajstić information content (AvgIpc) is 2.34. The van der Waals surface area contributed by atoms with Crippen molar-refractivity contribution in [1.82, 2.24) is 10.4 Å². The summed E-state index contributed by atoms with van der Waals surface area (Å²) < 4.78 is 0. The van der Waals surface area contributed by atoms with Gasteiger partial charge in [-0.2, -0.15) is 5.48 Å². The molecular weight excluding hydrogens is 216 g/mol. The maximum atomic E-state index is 11.6. The molecule has 0 aromatic heterocycles. The topological polar surface area (TPSA) is 41.6 Å². The molecule has 94 valence electrons. The number of nitrogens with one attached hydrogen (secondary N) is 1. The first-order chi connectivity index (χ1) is 8.11. The molecule has 0 spiro atoms. The third-order valence-electron chi connectivity index (χ3n) is 2.58. The number of hydroxylamine groups is 1. The molecule has 1 aromatic carbocycles. The summed E-state index contributed by atoms with van der Waals surface area (Å²) in [4.78, 5) is 18.5. The zero-order chi connectivity index (χ0) is 12.7. The first kappa shape index (κ1) is 13.7. The van der Waals surface area contributed by atoms with Gasteiger partial charge in [0.2, 0.25) is 5.91 Å². The van der Waals surface area contributed by atoms with E-state index in [0.29, 0.717) is 6.61 Å². The summed E-state index contributed by atoms with van der Waals surface area (Å²) in [6, 6.07) is 10.0. The van der Waals surface area contributed by atoms with E-state index >= 15 is 0 Å². The minimum Gasteiger partial charge on any atom is -0.342 e. The van der Waals surface area contributed by atoms with E-state index in [1.165, 1.54) is 0 Å². The lowest BCUT2D eigenvalue weighted by atomic mass is 10.2. The molecule has 1 amide bonds. The van der Waals surface area contributed by atoms with Gasteiger partial charge in [-0.15, -0.1) is 0 Å². The molecule has 1 rings (SSSR count). The van der Waals surface area contributed by atoms with Crippen LogP contribution >= 0.6 is 0 Å². The Bertz CT molecular complexity index is 339. The Kier molecular flexibility index (Phi) is 5.66. The van der Waals surface area contributed by atoms with Gasteiger partial charge >= 0.3 is 0 Å². The minimum atomic E-state index is 0.0214. The van der Waals surface area contributed by atoms with Crippen molar-refractivity contribution in [2.45, 2.75) is 26.5 Å². The van der Waals surface area contributed by atoms with E-state index in [2.05, 4.69) is 5.48 Å². The largest absolute Gasteiger partial charge is 0.342 e. The Hall–Kier alpha value is -1.39. The van der Waals surface area contributed by atoms with E-state index in [4.69, 9.17) is 4.84 Å². The maximum absolute atomic E-state index is 11.6. The number of benzene rings is 1. The van der Waals surface area contributed by atoms with E-state index < -0.39 is 0 Å². The van der Waals surface area contributed by atoms with Gasteiger partial charge in [-0.3, -0.25) is 9.63 Å². The van der Waals surface area contributed by atoms with Gasteiger partial charge in [0.05, 0.1) is 6.61 Å². The summed E-state index contributed by atoms with van der Waals surface area (Å²) in [5.41, 5.74) is 3.75. The van der Waals surface area contributed by atoms with Crippen molar-refractivity contribution in [2.24, 2.45) is 0 Å². The molecule has 0 radical (unpaired) electrons. The first-order valence-corrected chi connectivity index (χ1v) is 5.75. The monoisotopic (exact) mass is 236 g/mol. The minimum absolute atomic E-state index is 0.0214. The average molecular weight is 236 g/mol. The Morgan fingerprint density at radius 2 is 2.00 bits per heavy atom. The number of likely N-dealkylation sites (N-methyl/N-ethyl adjacent to an activating group) is 1. The summed E-state index contributed by atoms with van der Waals surface area (Å²) in [5.74, 6) is 0.0214. The van der Waals surface area contributed by atoms with Crippen LogP contribution in [0.3, 0.4) is 0 Å². The fourth-order valence-corrected chi connectivity index (χ4v) is 1.23. The van der Waals surface area contributed by atoms with Crippen molar-refractivity contribution in [3.8, 4) is 0 Å². The zero-order valence-corrected chi connectivity index (χ0v) is 10.6. The summed E-state index contributed by atoms with van der Waals surface area (Å²) in [6.07, 6.45) is 0. The predicted octanol–water partition coefficient (Wildman–Crippen LogP) is 1.57. The highest BCUT2D eigenvalue weighted by atomic mass is 16.6. The molecule has 0 unspecified atom stereocenters. The number of hydrogen-bond acceptors (Lipinski definition) is 3. The summed E-state index contributed by atoms with van der Waals surface area (Å²) in [7, 11) is 1.78. The van der Waals surface area contributed by atoms with Gasteiger partial charge in [0.1, 0.15) is 6.54 Å². The highest BCUT2D eigenvalue weighted by Crippen LogP contribution is 1.99. The van der Waals surface area contributed by atoms with Crippen LogP contribution < -0.4 is 5.48 Å². The standard InChI is InChI=1S/C13H20N2O2/c1-11(2)15(3)13(16)9-14-17-10-12-7-5-4-6-8-12/h4-8,11,14H,9-10H2,1-3H3. The quantitative estimate of drug-likeness (QED) is 0.602. The molecule has 0 aliphatic heterocycles. The maximum Gasteiger partial charge on any atom is 0.238 e. The van der Waals surface area contributed by atoms with Crippen LogP contribution in [0.15, 0.2) is 30.3 Å². The second kappa shape index (κ2) is 7.04. The van der Waals surface area contributed by atoms with Crippen molar-refractivity contribution in [1.29, 1.82) is 0 Å². The molecule has 0 heterocycles. The second-order valence-electron chi connectivity index (χ2n) is 4.19. The van der Waals surface area contributed by atoms with Crippen LogP contribution in [-0.2, 0) is 16.2 Å². The third-order valence-corrected chi connectivity index (χ3v) is 2.58. The van der Waals surface area contributed by atoms with E-state index in [1.54, 1.807) is 11.9 Å². The van der Waals surface area contributed by atoms with Gasteiger partial charge in [0.25, 0.3) is 0 Å². The fourth-order valence-electron chi connectivity index (χ4n) is 1.23. The van der Waals surface area contributed by atoms with Gasteiger partial charge in [0, 0.05) is 13.1 Å². The molecule has 0 aliphatic rings. The van der Waals surface area contributed by atoms with Gasteiger partial charge in [-0.25, -0.2) is 0 Å². The molecule has 0 aliphatic carbocycles. The summed E-state index contributed by atoms with van der Waals surface area (Å²) in [6.45, 7) is 4.60. The molecule has 0 bridgehead atoms. The molecule has 1 N–H and O–H groups in total. The Labute approximate surface area is 103 Å². The first-order valence-electron chi connectivity index (χ1n) is 5.75. The number of carbonyl (C=O) groups excluding carboxylic acids is 1. The van der Waals surface area contributed by atoms with E-state index in [-0.39, 0.29) is 18.5 Å². The normalized spacial score (nSPS) is 10.6. The number of rotatable bonds is 6. The van der Waals surface area contributed by atoms with E-state index in [0.717, 1.165) is 5.56 Å². The molecular formula is C13H20N2O2. The number of carbonyl (C=O) groups is 1. The highest BCUT2D eigenvalue weighted by Gasteiger charge is 2.10. The lowest BCUT2D eigenvalue weighted by Crippen LogP contribution is -2.39. The molecule has 0 atom stereocenters. The Balaban J connectivity index is 2.18. The van der Waals surface area contributed by atoms with Crippen LogP contribution in [-0.4, -0.2) is 30.4 Å². The van der Waals surface area contributed by atoms with Crippen molar-refractivity contribution in [3.63, 3.8) is 0 Å². The van der Waals surface area contributed by atoms with Crippen LogP contribution in [0.25, 0.3) is 0 Å². The van der Waals surface area contributed by atoms with Crippen LogP contribution in [0.5, 0.6) is 0 Å². The predicted molar refractivity (Wildman–Crippen MR) is 67.1 cm³/mol. The second-order valence-corrected chi connectivity index (χ2v) is 4.19. The molecule has 0 saturated carbocycles. The van der Waals surface area contributed by atoms with Crippen molar-refractivity contribution in [2.75, 3.05) is 13.6 Å². The number of amides is 1. The number of nitrogens with zero attached hydrogens (tertiary/aromatic N) is 1. The summed E-state index contributed by atoms with van der Waals surface area (Å²) >= 11 is 0. The fraction of sp³-hybridized carbons (Fsp3) is 0.462. The smallest absolute Gasteiger partial charge is 0.238 e. The lowest BCUT2D eigenvalue weighted by molar-refractivity contribution is -0.133. The van der Waals surface area contributed by atoms with Gasteiger partial charge in [-0.1, -0.05) is 30.3 Å². The van der Waals surface area contributed by atoms with Crippen molar-refractivity contribution in [3.05, 3.63) is 35.9 Å². The molecule has 0 fully saturated rings. The Morgan fingerprint density at radius 3 is 2.59 bits per heavy atom. The van der Waals surface area contributed by atoms with Gasteiger partial charge in [0.15, 0.2) is 0 Å². The van der Waals surface area contributed by atoms with E-state index in [1.807, 2.05) is 44.2 Å². The Morgan fingerprint density at radius 1 is 1.35 bits per heavy atom. The van der Waals surface area contributed by atoms with Gasteiger partial charge < -0.3 is 4.90 Å². The highest BCUT2D eigenvalue weighted by molar-refractivity contribution is 5.78. The molecule has 1 aromatic rings. The van der Waals surface area contributed by atoms with Crippen LogP contribution in [0, 0.1) is 0 Å². The van der Waals surface area contributed by atoms with Gasteiger partial charge in [-0.05, 0) is 19.4 Å². The number of hydrogen-bond donors (Lipinski definition) is 1.